The molecule has 0 radical (unpaired) electrons. The Labute approximate surface area is 230 Å². The van der Waals surface area contributed by atoms with Crippen molar-refractivity contribution in [3.05, 3.63) is 131 Å². The van der Waals surface area contributed by atoms with Gasteiger partial charge in [-0.1, -0.05) is 18.2 Å². The summed E-state index contributed by atoms with van der Waals surface area (Å²) in [4.78, 5) is 29.2. The molecule has 2 aromatic heterocycles. The van der Waals surface area contributed by atoms with Gasteiger partial charge in [-0.25, -0.2) is 36.9 Å². The predicted octanol–water partition coefficient (Wildman–Crippen LogP) is 3.28. The van der Waals surface area contributed by atoms with Crippen LogP contribution in [0.15, 0.2) is 96.6 Å². The Morgan fingerprint density at radius 2 is 1.66 bits per heavy atom. The Morgan fingerprint density at radius 1 is 0.927 bits per heavy atom. The van der Waals surface area contributed by atoms with Crippen LogP contribution in [0.3, 0.4) is 0 Å². The van der Waals surface area contributed by atoms with Crippen molar-refractivity contribution in [3.8, 4) is 5.69 Å². The van der Waals surface area contributed by atoms with Crippen LogP contribution in [0.25, 0.3) is 11.8 Å². The van der Waals surface area contributed by atoms with Crippen LogP contribution in [0.5, 0.6) is 0 Å². The van der Waals surface area contributed by atoms with E-state index in [9.17, 15) is 27.9 Å². The molecule has 1 unspecified atom stereocenters. The van der Waals surface area contributed by atoms with Gasteiger partial charge in [-0.15, -0.1) is 0 Å². The molecular weight excluding hydrogens is 539 g/mol. The second-order valence-corrected chi connectivity index (χ2v) is 9.11. The van der Waals surface area contributed by atoms with Crippen LogP contribution in [0.4, 0.5) is 18.9 Å². The minimum Gasteiger partial charge on any atom is -0.381 e. The lowest BCUT2D eigenvalue weighted by Crippen LogP contribution is -2.41. The van der Waals surface area contributed by atoms with Gasteiger partial charge in [0.1, 0.15) is 42.0 Å². The first kappa shape index (κ1) is 27.3. The summed E-state index contributed by atoms with van der Waals surface area (Å²) in [5.41, 5.74) is -1.40. The third-order valence-electron chi connectivity index (χ3n) is 6.18. The minimum absolute atomic E-state index is 0.246. The van der Waals surface area contributed by atoms with E-state index in [1.165, 1.54) is 58.6 Å². The molecule has 5 aromatic rings. The minimum atomic E-state index is -2.04. The van der Waals surface area contributed by atoms with E-state index in [4.69, 9.17) is 0 Å². The Bertz CT molecular complexity index is 1750. The average Bonchev–Trinajstić information content (AvgIpc) is 3.58. The molecule has 13 heteroatoms. The predicted molar refractivity (Wildman–Crippen MR) is 142 cm³/mol. The smallest absolute Gasteiger partial charge is 0.350 e. The maximum atomic E-state index is 14.7. The molecule has 1 amide bonds. The summed E-state index contributed by atoms with van der Waals surface area (Å²) >= 11 is 0. The van der Waals surface area contributed by atoms with Gasteiger partial charge in [0.2, 0.25) is 5.91 Å². The lowest BCUT2D eigenvalue weighted by molar-refractivity contribution is -0.111. The number of nitrogens with one attached hydrogen (secondary N) is 1. The van der Waals surface area contributed by atoms with Crippen LogP contribution in [-0.2, 0) is 23.5 Å². The maximum Gasteiger partial charge on any atom is 0.350 e. The van der Waals surface area contributed by atoms with Crippen LogP contribution in [0.1, 0.15) is 11.1 Å². The number of hydrogen-bond donors (Lipinski definition) is 2. The quantitative estimate of drug-likeness (QED) is 0.267. The van der Waals surface area contributed by atoms with Crippen LogP contribution in [-0.4, -0.2) is 40.1 Å². The second kappa shape index (κ2) is 11.4. The van der Waals surface area contributed by atoms with E-state index in [0.29, 0.717) is 23.0 Å². The van der Waals surface area contributed by atoms with Crippen LogP contribution in [0, 0.1) is 17.5 Å². The highest BCUT2D eigenvalue weighted by molar-refractivity contribution is 6.01. The third kappa shape index (κ3) is 6.31. The van der Waals surface area contributed by atoms with Gasteiger partial charge in [0, 0.05) is 23.4 Å². The van der Waals surface area contributed by atoms with E-state index >= 15 is 0 Å². The molecule has 0 saturated carbocycles. The molecule has 0 bridgehead atoms. The van der Waals surface area contributed by atoms with Crippen LogP contribution < -0.4 is 11.0 Å². The average molecular weight is 562 g/mol. The molecule has 0 aliphatic heterocycles. The number of rotatable bonds is 9. The number of aliphatic hydroxyl groups is 1. The highest BCUT2D eigenvalue weighted by Gasteiger charge is 2.35. The Hall–Kier alpha value is -5.30. The molecule has 41 heavy (non-hydrogen) atoms. The monoisotopic (exact) mass is 561 g/mol. The number of halogens is 3. The first-order valence-electron chi connectivity index (χ1n) is 12.2. The summed E-state index contributed by atoms with van der Waals surface area (Å²) in [5.74, 6) is -2.60. The zero-order valence-corrected chi connectivity index (χ0v) is 21.2. The van der Waals surface area contributed by atoms with Gasteiger partial charge in [0.15, 0.2) is 0 Å². The van der Waals surface area contributed by atoms with Gasteiger partial charge in [-0.05, 0) is 54.1 Å². The molecule has 2 heterocycles. The van der Waals surface area contributed by atoms with Crippen molar-refractivity contribution in [3.63, 3.8) is 0 Å². The zero-order chi connectivity index (χ0) is 29.0. The van der Waals surface area contributed by atoms with E-state index in [2.05, 4.69) is 20.5 Å². The Kier molecular flexibility index (Phi) is 7.61. The van der Waals surface area contributed by atoms with Gasteiger partial charge in [-0.3, -0.25) is 4.79 Å². The van der Waals surface area contributed by atoms with Crippen LogP contribution >= 0.6 is 0 Å². The summed E-state index contributed by atoms with van der Waals surface area (Å²) in [6, 6.07) is 14.7. The van der Waals surface area contributed by atoms with Crippen molar-refractivity contribution >= 4 is 17.7 Å². The molecule has 0 spiro atoms. The molecule has 0 aliphatic rings. The maximum absolute atomic E-state index is 14.7. The van der Waals surface area contributed by atoms with E-state index in [0.717, 1.165) is 16.8 Å². The van der Waals surface area contributed by atoms with Crippen molar-refractivity contribution in [1.29, 1.82) is 0 Å². The highest BCUT2D eigenvalue weighted by atomic mass is 19.1. The van der Waals surface area contributed by atoms with Crippen molar-refractivity contribution in [2.24, 2.45) is 0 Å². The molecule has 5 rings (SSSR count). The SMILES string of the molecule is O=C(/C=C/c1ccc(F)cc1)Nc1ccc(-n2cnn(CC(O)(Cn3cncn3)c3ccc(F)cc3F)c2=O)cc1. The van der Waals surface area contributed by atoms with Gasteiger partial charge in [0.05, 0.1) is 18.8 Å². The molecule has 0 aliphatic carbocycles. The van der Waals surface area contributed by atoms with Gasteiger partial charge >= 0.3 is 5.69 Å². The number of carbonyl (C=O) groups is 1. The number of carbonyl (C=O) groups excluding carboxylic acids is 1. The summed E-state index contributed by atoms with van der Waals surface area (Å²) in [5, 5.41) is 22.2. The standard InChI is InChI=1S/C28H22F3N7O3/c29-20-4-1-19(2-5-20)3-12-26(39)35-22-7-9-23(10-8-22)37-18-34-38(27(37)40)15-28(41,14-36-17-32-16-33-36)24-11-6-21(30)13-25(24)31/h1-13,16-18,41H,14-15H2,(H,35,39)/b12-3+. The third-order valence-corrected chi connectivity index (χ3v) is 6.18. The summed E-state index contributed by atoms with van der Waals surface area (Å²) in [6.07, 6.45) is 6.63. The fourth-order valence-corrected chi connectivity index (χ4v) is 4.18. The van der Waals surface area contributed by atoms with Crippen molar-refractivity contribution in [2.75, 3.05) is 5.32 Å². The number of aromatic nitrogens is 6. The van der Waals surface area contributed by atoms with Gasteiger partial charge in [-0.2, -0.15) is 10.2 Å². The second-order valence-electron chi connectivity index (χ2n) is 9.11. The number of amides is 1. The number of nitrogens with zero attached hydrogens (tertiary/aromatic N) is 6. The molecule has 3 aromatic carbocycles. The van der Waals surface area contributed by atoms with E-state index in [1.54, 1.807) is 30.3 Å². The highest BCUT2D eigenvalue weighted by Crippen LogP contribution is 2.28. The van der Waals surface area contributed by atoms with E-state index in [1.807, 2.05) is 0 Å². The van der Waals surface area contributed by atoms with E-state index in [-0.39, 0.29) is 17.9 Å². The van der Waals surface area contributed by atoms with Gasteiger partial charge < -0.3 is 10.4 Å². The van der Waals surface area contributed by atoms with Crippen molar-refractivity contribution in [2.45, 2.75) is 18.7 Å². The molecule has 1 atom stereocenters. The largest absolute Gasteiger partial charge is 0.381 e. The topological polar surface area (TPSA) is 120 Å². The van der Waals surface area contributed by atoms with Crippen molar-refractivity contribution < 1.29 is 23.1 Å². The van der Waals surface area contributed by atoms with Crippen molar-refractivity contribution in [1.82, 2.24) is 29.1 Å². The first-order chi connectivity index (χ1) is 19.7. The molecule has 0 saturated heterocycles. The summed E-state index contributed by atoms with van der Waals surface area (Å²) < 4.78 is 44.7. The lowest BCUT2D eigenvalue weighted by Gasteiger charge is -2.28. The lowest BCUT2D eigenvalue weighted by atomic mass is 9.93. The van der Waals surface area contributed by atoms with Gasteiger partial charge in [0.25, 0.3) is 0 Å². The fraction of sp³-hybridized carbons (Fsp3) is 0.107. The Morgan fingerprint density at radius 3 is 2.34 bits per heavy atom. The number of anilines is 1. The molecule has 208 valence electrons. The fourth-order valence-electron chi connectivity index (χ4n) is 4.18. The molecule has 2 N–H and O–H groups in total. The summed E-state index contributed by atoms with van der Waals surface area (Å²) in [7, 11) is 0. The molecule has 0 fully saturated rings. The first-order valence-corrected chi connectivity index (χ1v) is 12.2. The Balaban J connectivity index is 1.33. The molecule has 10 nitrogen and oxygen atoms in total. The van der Waals surface area contributed by atoms with E-state index < -0.39 is 35.4 Å². The number of hydrogen-bond acceptors (Lipinski definition) is 6. The number of benzene rings is 3. The molecular formula is C28H22F3N7O3. The summed E-state index contributed by atoms with van der Waals surface area (Å²) in [6.45, 7) is -0.769. The van der Waals surface area contributed by atoms with Crippen LogP contribution in [0.2, 0.25) is 0 Å². The zero-order valence-electron chi connectivity index (χ0n) is 21.2. The normalized spacial score (nSPS) is 12.9.